The van der Waals surface area contributed by atoms with Gasteiger partial charge in [-0.1, -0.05) is 32.0 Å². The van der Waals surface area contributed by atoms with E-state index in [1.807, 2.05) is 24.3 Å². The molecule has 18 heavy (non-hydrogen) atoms. The molecule has 1 aromatic heterocycles. The lowest BCUT2D eigenvalue weighted by Gasteiger charge is -2.14. The number of ether oxygens (including phenoxy) is 1. The van der Waals surface area contributed by atoms with Gasteiger partial charge in [-0.05, 0) is 17.5 Å². The van der Waals surface area contributed by atoms with Crippen molar-refractivity contribution in [3.05, 3.63) is 36.0 Å². The molecule has 0 radical (unpaired) electrons. The molecule has 0 saturated heterocycles. The van der Waals surface area contributed by atoms with E-state index in [-0.39, 0.29) is 11.8 Å². The van der Waals surface area contributed by atoms with Gasteiger partial charge >= 0.3 is 0 Å². The zero-order valence-electron chi connectivity index (χ0n) is 10.4. The maximum absolute atomic E-state index is 5.75. The summed E-state index contributed by atoms with van der Waals surface area (Å²) in [6, 6.07) is 7.81. The Kier molecular flexibility index (Phi) is 3.32. The predicted molar refractivity (Wildman–Crippen MR) is 71.5 cm³/mol. The van der Waals surface area contributed by atoms with Gasteiger partial charge in [0.2, 0.25) is 5.95 Å². The van der Waals surface area contributed by atoms with Gasteiger partial charge in [0.05, 0.1) is 6.20 Å². The van der Waals surface area contributed by atoms with Gasteiger partial charge in [-0.3, -0.25) is 0 Å². The van der Waals surface area contributed by atoms with Crippen LogP contribution in [-0.2, 0) is 0 Å². The number of aromatic nitrogens is 2. The van der Waals surface area contributed by atoms with Crippen LogP contribution < -0.4 is 16.2 Å². The highest BCUT2D eigenvalue weighted by atomic mass is 16.5. The first-order valence-corrected chi connectivity index (χ1v) is 5.72. The topological polar surface area (TPSA) is 87.0 Å². The summed E-state index contributed by atoms with van der Waals surface area (Å²) < 4.78 is 5.75. The maximum Gasteiger partial charge on any atom is 0.222 e. The number of hydrogen-bond acceptors (Lipinski definition) is 5. The number of hydrogen-bond donors (Lipinski definition) is 2. The molecule has 0 aliphatic heterocycles. The van der Waals surface area contributed by atoms with E-state index in [2.05, 4.69) is 23.8 Å². The van der Waals surface area contributed by atoms with Crippen molar-refractivity contribution in [1.82, 2.24) is 9.97 Å². The predicted octanol–water partition coefficient (Wildman–Crippen LogP) is 2.56. The van der Waals surface area contributed by atoms with E-state index in [4.69, 9.17) is 16.2 Å². The first kappa shape index (κ1) is 12.2. The zero-order valence-corrected chi connectivity index (χ0v) is 10.4. The highest BCUT2D eigenvalue weighted by Gasteiger charge is 2.10. The minimum Gasteiger partial charge on any atom is -0.452 e. The molecule has 0 aliphatic carbocycles. The Morgan fingerprint density at radius 1 is 1.11 bits per heavy atom. The number of para-hydroxylation sites is 1. The molecule has 5 nitrogen and oxygen atoms in total. The minimum absolute atomic E-state index is 0.136. The molecule has 94 valence electrons. The van der Waals surface area contributed by atoms with Gasteiger partial charge in [-0.2, -0.15) is 4.98 Å². The van der Waals surface area contributed by atoms with Crippen LogP contribution in [0.2, 0.25) is 0 Å². The third kappa shape index (κ3) is 2.51. The lowest BCUT2D eigenvalue weighted by molar-refractivity contribution is 0.471. The molecule has 0 unspecified atom stereocenters. The van der Waals surface area contributed by atoms with E-state index in [1.165, 1.54) is 6.20 Å². The molecule has 1 aromatic carbocycles. The van der Waals surface area contributed by atoms with Gasteiger partial charge in [-0.15, -0.1) is 0 Å². The smallest absolute Gasteiger partial charge is 0.222 e. The lowest BCUT2D eigenvalue weighted by atomic mass is 10.0. The van der Waals surface area contributed by atoms with E-state index < -0.39 is 0 Å². The van der Waals surface area contributed by atoms with Crippen LogP contribution in [0.4, 0.5) is 11.8 Å². The molecular formula is C13H16N4O. The Morgan fingerprint density at radius 2 is 1.83 bits per heavy atom. The maximum atomic E-state index is 5.75. The molecule has 1 heterocycles. The largest absolute Gasteiger partial charge is 0.452 e. The zero-order chi connectivity index (χ0) is 13.1. The van der Waals surface area contributed by atoms with E-state index in [1.54, 1.807) is 0 Å². The van der Waals surface area contributed by atoms with Crippen LogP contribution in [0.1, 0.15) is 25.3 Å². The summed E-state index contributed by atoms with van der Waals surface area (Å²) in [6.07, 6.45) is 1.48. The first-order chi connectivity index (χ1) is 8.58. The molecule has 2 rings (SSSR count). The van der Waals surface area contributed by atoms with E-state index in [0.717, 1.165) is 11.3 Å². The minimum atomic E-state index is 0.136. The Hall–Kier alpha value is -2.30. The van der Waals surface area contributed by atoms with E-state index in [9.17, 15) is 0 Å². The fraction of sp³-hybridized carbons (Fsp3) is 0.231. The molecular weight excluding hydrogens is 228 g/mol. The molecule has 0 spiro atoms. The Morgan fingerprint density at radius 3 is 2.50 bits per heavy atom. The Bertz CT molecular complexity index is 554. The van der Waals surface area contributed by atoms with Gasteiger partial charge in [-0.25, -0.2) is 4.98 Å². The van der Waals surface area contributed by atoms with Gasteiger partial charge in [0.15, 0.2) is 11.6 Å². The highest BCUT2D eigenvalue weighted by molar-refractivity contribution is 5.50. The van der Waals surface area contributed by atoms with Crippen molar-refractivity contribution in [3.8, 4) is 11.5 Å². The van der Waals surface area contributed by atoms with Gasteiger partial charge in [0.25, 0.3) is 0 Å². The number of anilines is 2. The molecule has 0 saturated carbocycles. The fourth-order valence-corrected chi connectivity index (χ4v) is 1.65. The standard InChI is InChI=1S/C13H16N4O/c1-8(2)9-5-3-4-6-10(9)18-11-7-16-13(15)17-12(11)14/h3-8H,1-2H3,(H4,14,15,16,17). The number of benzene rings is 1. The van der Waals surface area contributed by atoms with Crippen LogP contribution in [-0.4, -0.2) is 9.97 Å². The quantitative estimate of drug-likeness (QED) is 0.866. The number of nitrogens with zero attached hydrogens (tertiary/aromatic N) is 2. The summed E-state index contributed by atoms with van der Waals surface area (Å²) in [7, 11) is 0. The Labute approximate surface area is 106 Å². The van der Waals surface area contributed by atoms with Crippen molar-refractivity contribution >= 4 is 11.8 Å². The molecule has 0 fully saturated rings. The van der Waals surface area contributed by atoms with Crippen molar-refractivity contribution in [2.75, 3.05) is 11.5 Å². The molecule has 5 heteroatoms. The second-order valence-electron chi connectivity index (χ2n) is 4.27. The van der Waals surface area contributed by atoms with Crippen molar-refractivity contribution in [2.45, 2.75) is 19.8 Å². The molecule has 0 amide bonds. The second kappa shape index (κ2) is 4.91. The summed E-state index contributed by atoms with van der Waals surface area (Å²) in [5, 5.41) is 0. The monoisotopic (exact) mass is 244 g/mol. The number of rotatable bonds is 3. The van der Waals surface area contributed by atoms with Crippen LogP contribution >= 0.6 is 0 Å². The van der Waals surface area contributed by atoms with E-state index in [0.29, 0.717) is 11.7 Å². The Balaban J connectivity index is 2.34. The van der Waals surface area contributed by atoms with E-state index >= 15 is 0 Å². The fourth-order valence-electron chi connectivity index (χ4n) is 1.65. The van der Waals surface area contributed by atoms with Crippen molar-refractivity contribution in [2.24, 2.45) is 0 Å². The van der Waals surface area contributed by atoms with Crippen molar-refractivity contribution < 1.29 is 4.74 Å². The van der Waals surface area contributed by atoms with Crippen molar-refractivity contribution in [1.29, 1.82) is 0 Å². The molecule has 0 bridgehead atoms. The van der Waals surface area contributed by atoms with Gasteiger partial charge < -0.3 is 16.2 Å². The summed E-state index contributed by atoms with van der Waals surface area (Å²) in [4.78, 5) is 7.74. The highest BCUT2D eigenvalue weighted by Crippen LogP contribution is 2.31. The number of nitrogens with two attached hydrogens (primary N) is 2. The lowest BCUT2D eigenvalue weighted by Crippen LogP contribution is -2.02. The average molecular weight is 244 g/mol. The van der Waals surface area contributed by atoms with Crippen LogP contribution in [0.25, 0.3) is 0 Å². The molecule has 2 aromatic rings. The second-order valence-corrected chi connectivity index (χ2v) is 4.27. The summed E-state index contributed by atoms with van der Waals surface area (Å²) >= 11 is 0. The van der Waals surface area contributed by atoms with Crippen LogP contribution in [0.5, 0.6) is 11.5 Å². The molecule has 0 aliphatic rings. The van der Waals surface area contributed by atoms with Crippen molar-refractivity contribution in [3.63, 3.8) is 0 Å². The van der Waals surface area contributed by atoms with Crippen LogP contribution in [0.15, 0.2) is 30.5 Å². The summed E-state index contributed by atoms with van der Waals surface area (Å²) in [5.74, 6) is 1.90. The average Bonchev–Trinajstić information content (AvgIpc) is 2.33. The van der Waals surface area contributed by atoms with Crippen LogP contribution in [0.3, 0.4) is 0 Å². The normalized spacial score (nSPS) is 10.6. The number of nitrogen functional groups attached to an aromatic ring is 2. The molecule has 0 atom stereocenters. The SMILES string of the molecule is CC(C)c1ccccc1Oc1cnc(N)nc1N. The summed E-state index contributed by atoms with van der Waals surface area (Å²) in [6.45, 7) is 4.20. The van der Waals surface area contributed by atoms with Gasteiger partial charge in [0.1, 0.15) is 5.75 Å². The summed E-state index contributed by atoms with van der Waals surface area (Å²) in [5.41, 5.74) is 12.3. The molecule has 4 N–H and O–H groups in total. The van der Waals surface area contributed by atoms with Crippen LogP contribution in [0, 0.1) is 0 Å². The third-order valence-electron chi connectivity index (χ3n) is 2.56. The third-order valence-corrected chi connectivity index (χ3v) is 2.56. The first-order valence-electron chi connectivity index (χ1n) is 5.72. The van der Waals surface area contributed by atoms with Gasteiger partial charge in [0, 0.05) is 0 Å².